The molecule has 1 atom stereocenters. The first-order chi connectivity index (χ1) is 12.2. The van der Waals surface area contributed by atoms with Crippen molar-refractivity contribution in [1.29, 1.82) is 0 Å². The van der Waals surface area contributed by atoms with Gasteiger partial charge in [0.1, 0.15) is 11.6 Å². The molecule has 1 aliphatic heterocycles. The van der Waals surface area contributed by atoms with Crippen LogP contribution in [0.25, 0.3) is 0 Å². The Morgan fingerprint density at radius 1 is 1.04 bits per heavy atom. The van der Waals surface area contributed by atoms with Crippen molar-refractivity contribution in [3.63, 3.8) is 0 Å². The molecule has 1 rings (SSSR count). The number of carbonyl (C=O) groups excluding carboxylic acids is 4. The van der Waals surface area contributed by atoms with E-state index >= 15 is 0 Å². The van der Waals surface area contributed by atoms with Crippen molar-refractivity contribution >= 4 is 23.4 Å². The smallest absolute Gasteiger partial charge is 0.233 e. The van der Waals surface area contributed by atoms with Crippen molar-refractivity contribution in [2.45, 2.75) is 66.2 Å². The van der Waals surface area contributed by atoms with E-state index in [0.717, 1.165) is 0 Å². The lowest BCUT2D eigenvalue weighted by Crippen LogP contribution is -2.32. The number of carbonyl (C=O) groups is 4. The minimum Gasteiger partial charge on any atom is -0.381 e. The maximum absolute atomic E-state index is 12.2. The van der Waals surface area contributed by atoms with E-state index in [1.165, 1.54) is 4.90 Å². The lowest BCUT2D eigenvalue weighted by Gasteiger charge is -2.16. The van der Waals surface area contributed by atoms with Crippen molar-refractivity contribution in [2.24, 2.45) is 17.8 Å². The summed E-state index contributed by atoms with van der Waals surface area (Å²) >= 11 is 0. The van der Waals surface area contributed by atoms with Gasteiger partial charge in [-0.1, -0.05) is 27.7 Å². The standard InChI is InChI=1S/C20H33NO5/c1-14(2)17-13-19(24)21(20(17)25)10-5-7-16(22)8-6-11-26-12-9-18(23)15(3)4/h14-15,17H,5-13H2,1-4H3. The molecule has 0 saturated carbocycles. The second kappa shape index (κ2) is 11.2. The first-order valence-corrected chi connectivity index (χ1v) is 9.70. The summed E-state index contributed by atoms with van der Waals surface area (Å²) in [4.78, 5) is 48.7. The van der Waals surface area contributed by atoms with Crippen molar-refractivity contribution in [3.8, 4) is 0 Å². The van der Waals surface area contributed by atoms with Crippen LogP contribution < -0.4 is 0 Å². The quantitative estimate of drug-likeness (QED) is 0.369. The zero-order chi connectivity index (χ0) is 19.7. The number of amides is 2. The fraction of sp³-hybridized carbons (Fsp3) is 0.800. The van der Waals surface area contributed by atoms with Crippen molar-refractivity contribution in [1.82, 2.24) is 4.90 Å². The Labute approximate surface area is 156 Å². The van der Waals surface area contributed by atoms with Gasteiger partial charge in [-0.3, -0.25) is 24.1 Å². The van der Waals surface area contributed by atoms with Gasteiger partial charge in [0.15, 0.2) is 0 Å². The summed E-state index contributed by atoms with van der Waals surface area (Å²) < 4.78 is 5.38. The fourth-order valence-corrected chi connectivity index (χ4v) is 2.96. The van der Waals surface area contributed by atoms with Crippen molar-refractivity contribution in [3.05, 3.63) is 0 Å². The average molecular weight is 367 g/mol. The van der Waals surface area contributed by atoms with Crippen LogP contribution in [0.15, 0.2) is 0 Å². The molecule has 1 fully saturated rings. The molecule has 1 unspecified atom stereocenters. The fourth-order valence-electron chi connectivity index (χ4n) is 2.96. The van der Waals surface area contributed by atoms with Gasteiger partial charge >= 0.3 is 0 Å². The van der Waals surface area contributed by atoms with Crippen LogP contribution >= 0.6 is 0 Å². The molecule has 1 saturated heterocycles. The summed E-state index contributed by atoms with van der Waals surface area (Å²) in [5.74, 6) is 0.0719. The summed E-state index contributed by atoms with van der Waals surface area (Å²) in [6.07, 6.45) is 2.66. The molecular formula is C20H33NO5. The van der Waals surface area contributed by atoms with Gasteiger partial charge in [-0.05, 0) is 18.8 Å². The Balaban J connectivity index is 2.11. The molecule has 2 amide bonds. The van der Waals surface area contributed by atoms with Crippen molar-refractivity contribution in [2.75, 3.05) is 19.8 Å². The van der Waals surface area contributed by atoms with Gasteiger partial charge in [0, 0.05) is 50.7 Å². The maximum Gasteiger partial charge on any atom is 0.233 e. The molecule has 0 N–H and O–H groups in total. The summed E-state index contributed by atoms with van der Waals surface area (Å²) in [6, 6.07) is 0. The first-order valence-electron chi connectivity index (χ1n) is 9.70. The van der Waals surface area contributed by atoms with Crippen LogP contribution in [0.2, 0.25) is 0 Å². The zero-order valence-electron chi connectivity index (χ0n) is 16.6. The second-order valence-electron chi connectivity index (χ2n) is 7.67. The Kier molecular flexibility index (Phi) is 9.70. The molecule has 6 heteroatoms. The van der Waals surface area contributed by atoms with Gasteiger partial charge in [-0.25, -0.2) is 0 Å². The van der Waals surface area contributed by atoms with Crippen LogP contribution in [-0.4, -0.2) is 48.0 Å². The topological polar surface area (TPSA) is 80.8 Å². The van der Waals surface area contributed by atoms with E-state index in [9.17, 15) is 19.2 Å². The second-order valence-corrected chi connectivity index (χ2v) is 7.67. The maximum atomic E-state index is 12.2. The molecule has 0 aromatic carbocycles. The number of rotatable bonds is 13. The lowest BCUT2D eigenvalue weighted by atomic mass is 9.94. The molecule has 6 nitrogen and oxygen atoms in total. The Morgan fingerprint density at radius 2 is 1.69 bits per heavy atom. The zero-order valence-corrected chi connectivity index (χ0v) is 16.6. The van der Waals surface area contributed by atoms with E-state index in [1.807, 2.05) is 27.7 Å². The number of Topliss-reactive ketones (excluding diaryl/α,β-unsaturated/α-hetero) is 2. The largest absolute Gasteiger partial charge is 0.381 e. The predicted octanol–water partition coefficient (Wildman–Crippen LogP) is 2.78. The third-order valence-electron chi connectivity index (χ3n) is 4.80. The number of hydrogen-bond acceptors (Lipinski definition) is 5. The molecule has 0 radical (unpaired) electrons. The highest BCUT2D eigenvalue weighted by Gasteiger charge is 2.39. The molecule has 26 heavy (non-hydrogen) atoms. The normalized spacial score (nSPS) is 17.6. The monoisotopic (exact) mass is 367 g/mol. The molecule has 0 aliphatic carbocycles. The van der Waals surface area contributed by atoms with E-state index in [4.69, 9.17) is 4.74 Å². The van der Waals surface area contributed by atoms with Gasteiger partial charge < -0.3 is 4.74 Å². The molecule has 0 aromatic rings. The van der Waals surface area contributed by atoms with Crippen LogP contribution in [0.5, 0.6) is 0 Å². The summed E-state index contributed by atoms with van der Waals surface area (Å²) in [5, 5.41) is 0. The van der Waals surface area contributed by atoms with Gasteiger partial charge in [0.05, 0.1) is 6.61 Å². The van der Waals surface area contributed by atoms with Gasteiger partial charge in [-0.15, -0.1) is 0 Å². The third-order valence-corrected chi connectivity index (χ3v) is 4.80. The van der Waals surface area contributed by atoms with Crippen LogP contribution in [-0.2, 0) is 23.9 Å². The molecule has 0 aromatic heterocycles. The predicted molar refractivity (Wildman–Crippen MR) is 98.4 cm³/mol. The van der Waals surface area contributed by atoms with E-state index in [-0.39, 0.29) is 41.1 Å². The van der Waals surface area contributed by atoms with Gasteiger partial charge in [-0.2, -0.15) is 0 Å². The van der Waals surface area contributed by atoms with Crippen molar-refractivity contribution < 1.29 is 23.9 Å². The van der Waals surface area contributed by atoms with E-state index in [0.29, 0.717) is 58.3 Å². The molecule has 1 heterocycles. The Hall–Kier alpha value is -1.56. The van der Waals surface area contributed by atoms with E-state index < -0.39 is 0 Å². The molecular weight excluding hydrogens is 334 g/mol. The third kappa shape index (κ3) is 7.36. The Morgan fingerprint density at radius 3 is 2.27 bits per heavy atom. The highest BCUT2D eigenvalue weighted by atomic mass is 16.5. The molecule has 0 spiro atoms. The SMILES string of the molecule is CC(C)C(=O)CCOCCCC(=O)CCCN1C(=O)CC(C(C)C)C1=O. The van der Waals surface area contributed by atoms with E-state index in [1.54, 1.807) is 0 Å². The molecule has 148 valence electrons. The van der Waals surface area contributed by atoms with Crippen LogP contribution in [0.4, 0.5) is 0 Å². The molecule has 0 bridgehead atoms. The van der Waals surface area contributed by atoms with E-state index in [2.05, 4.69) is 0 Å². The van der Waals surface area contributed by atoms with Gasteiger partial charge in [0.25, 0.3) is 0 Å². The Bertz CT molecular complexity index is 512. The highest BCUT2D eigenvalue weighted by Crippen LogP contribution is 2.26. The minimum absolute atomic E-state index is 0.0327. The highest BCUT2D eigenvalue weighted by molar-refractivity contribution is 6.03. The summed E-state index contributed by atoms with van der Waals surface area (Å²) in [7, 11) is 0. The molecule has 1 aliphatic rings. The van der Waals surface area contributed by atoms with Gasteiger partial charge in [0.2, 0.25) is 11.8 Å². The summed E-state index contributed by atoms with van der Waals surface area (Å²) in [6.45, 7) is 8.84. The lowest BCUT2D eigenvalue weighted by molar-refractivity contribution is -0.140. The minimum atomic E-state index is -0.210. The first kappa shape index (κ1) is 22.5. The number of imide groups is 1. The number of ketones is 2. The summed E-state index contributed by atoms with van der Waals surface area (Å²) in [5.41, 5.74) is 0. The van der Waals surface area contributed by atoms with Crippen LogP contribution in [0, 0.1) is 17.8 Å². The number of hydrogen-bond donors (Lipinski definition) is 0. The number of ether oxygens (including phenoxy) is 1. The van der Waals surface area contributed by atoms with Crippen LogP contribution in [0.1, 0.15) is 66.2 Å². The number of likely N-dealkylation sites (tertiary alicyclic amines) is 1. The number of nitrogens with zero attached hydrogens (tertiary/aromatic N) is 1. The average Bonchev–Trinajstić information content (AvgIpc) is 2.85. The van der Waals surface area contributed by atoms with Crippen LogP contribution in [0.3, 0.4) is 0 Å².